The molecular weight excluding hydrogens is 296 g/mol. The lowest BCUT2D eigenvalue weighted by atomic mass is 10.3. The topological polar surface area (TPSA) is 46.5 Å². The van der Waals surface area contributed by atoms with Crippen LogP contribution < -0.4 is 4.74 Å². The van der Waals surface area contributed by atoms with Crippen molar-refractivity contribution in [3.8, 4) is 5.75 Å². The molecule has 0 aliphatic rings. The third kappa shape index (κ3) is 12.9. The maximum absolute atomic E-state index is 10.6. The normalized spacial score (nSPS) is 9.22. The molecule has 0 unspecified atom stereocenters. The van der Waals surface area contributed by atoms with Crippen LogP contribution in [0.5, 0.6) is 5.75 Å². The van der Waals surface area contributed by atoms with Crippen LogP contribution in [0.15, 0.2) is 30.3 Å². The SMILES string of the molecule is COc1ccccc1.ClCCl.O=C(O)C(F)(F)F. The highest BCUT2D eigenvalue weighted by atomic mass is 35.5. The van der Waals surface area contributed by atoms with Crippen LogP contribution in [0.2, 0.25) is 0 Å². The van der Waals surface area contributed by atoms with Crippen molar-refractivity contribution in [2.24, 2.45) is 0 Å². The van der Waals surface area contributed by atoms with Crippen LogP contribution in [0.25, 0.3) is 0 Å². The van der Waals surface area contributed by atoms with Gasteiger partial charge in [-0.2, -0.15) is 13.2 Å². The summed E-state index contributed by atoms with van der Waals surface area (Å²) in [6.07, 6.45) is -5.08. The molecule has 0 saturated carbocycles. The molecule has 0 aromatic heterocycles. The minimum absolute atomic E-state index is 0.194. The smallest absolute Gasteiger partial charge is 0.490 e. The van der Waals surface area contributed by atoms with E-state index in [1.165, 1.54) is 0 Å². The van der Waals surface area contributed by atoms with Gasteiger partial charge in [0.15, 0.2) is 0 Å². The van der Waals surface area contributed by atoms with E-state index in [1.54, 1.807) is 7.11 Å². The van der Waals surface area contributed by atoms with Gasteiger partial charge in [0.05, 0.1) is 12.4 Å². The van der Waals surface area contributed by atoms with Crippen molar-refractivity contribution < 1.29 is 27.8 Å². The molecule has 0 spiro atoms. The Bertz CT molecular complexity index is 318. The first-order valence-corrected chi connectivity index (χ1v) is 5.37. The van der Waals surface area contributed by atoms with E-state index in [4.69, 9.17) is 37.8 Å². The van der Waals surface area contributed by atoms with Gasteiger partial charge in [0.1, 0.15) is 5.75 Å². The van der Waals surface area contributed by atoms with Gasteiger partial charge < -0.3 is 9.84 Å². The second-order valence-corrected chi connectivity index (χ2v) is 3.23. The Hall–Kier alpha value is -1.14. The van der Waals surface area contributed by atoms with Crippen LogP contribution in [-0.2, 0) is 4.79 Å². The fourth-order valence-electron chi connectivity index (χ4n) is 0.557. The van der Waals surface area contributed by atoms with Crippen LogP contribution in [-0.4, -0.2) is 29.7 Å². The average Bonchev–Trinajstić information content (AvgIpc) is 2.31. The zero-order valence-electron chi connectivity index (χ0n) is 9.25. The molecule has 8 heteroatoms. The first-order chi connectivity index (χ1) is 8.29. The van der Waals surface area contributed by atoms with E-state index < -0.39 is 12.1 Å². The Balaban J connectivity index is 0. The molecule has 1 aromatic carbocycles. The molecule has 1 N–H and O–H groups in total. The molecule has 104 valence electrons. The van der Waals surface area contributed by atoms with Crippen LogP contribution in [0, 0.1) is 0 Å². The lowest BCUT2D eigenvalue weighted by Crippen LogP contribution is -2.21. The van der Waals surface area contributed by atoms with E-state index in [9.17, 15) is 13.2 Å². The van der Waals surface area contributed by atoms with Crippen molar-refractivity contribution >= 4 is 29.2 Å². The Morgan fingerprint density at radius 1 is 1.28 bits per heavy atom. The molecule has 18 heavy (non-hydrogen) atoms. The van der Waals surface area contributed by atoms with Gasteiger partial charge >= 0.3 is 12.1 Å². The van der Waals surface area contributed by atoms with Crippen molar-refractivity contribution in [1.29, 1.82) is 0 Å². The van der Waals surface area contributed by atoms with Crippen molar-refractivity contribution in [3.63, 3.8) is 0 Å². The zero-order valence-corrected chi connectivity index (χ0v) is 10.8. The lowest BCUT2D eigenvalue weighted by molar-refractivity contribution is -0.192. The van der Waals surface area contributed by atoms with E-state index in [0.29, 0.717) is 0 Å². The quantitative estimate of drug-likeness (QED) is 0.804. The summed E-state index contributed by atoms with van der Waals surface area (Å²) in [7, 11) is 1.66. The molecule has 0 aliphatic carbocycles. The minimum Gasteiger partial charge on any atom is -0.497 e. The molecule has 0 amide bonds. The monoisotopic (exact) mass is 306 g/mol. The van der Waals surface area contributed by atoms with Crippen LogP contribution in [0.1, 0.15) is 0 Å². The number of hydrogen-bond acceptors (Lipinski definition) is 2. The number of alkyl halides is 5. The number of aliphatic carboxylic acids is 1. The summed E-state index contributed by atoms with van der Waals surface area (Å²) in [5, 5.41) is 7.32. The maximum atomic E-state index is 10.6. The van der Waals surface area contributed by atoms with Gasteiger partial charge in [-0.3, -0.25) is 0 Å². The number of carboxylic acids is 1. The Morgan fingerprint density at radius 2 is 1.61 bits per heavy atom. The molecule has 0 saturated heterocycles. The van der Waals surface area contributed by atoms with E-state index in [1.807, 2.05) is 30.3 Å². The highest BCUT2D eigenvalue weighted by Crippen LogP contribution is 2.13. The van der Waals surface area contributed by atoms with Crippen molar-refractivity contribution in [2.45, 2.75) is 6.18 Å². The molecule has 0 fully saturated rings. The second-order valence-electron chi connectivity index (χ2n) is 2.42. The maximum Gasteiger partial charge on any atom is 0.490 e. The Kier molecular flexibility index (Phi) is 11.7. The average molecular weight is 307 g/mol. The van der Waals surface area contributed by atoms with Gasteiger partial charge in [-0.25, -0.2) is 4.79 Å². The lowest BCUT2D eigenvalue weighted by Gasteiger charge is -1.93. The van der Waals surface area contributed by atoms with Crippen molar-refractivity contribution in [2.75, 3.05) is 12.4 Å². The van der Waals surface area contributed by atoms with E-state index in [2.05, 4.69) is 0 Å². The number of carbonyl (C=O) groups is 1. The van der Waals surface area contributed by atoms with Crippen molar-refractivity contribution in [1.82, 2.24) is 0 Å². The molecular formula is C10H11Cl2F3O3. The minimum atomic E-state index is -5.08. The number of rotatable bonds is 1. The van der Waals surface area contributed by atoms with Crippen LogP contribution in [0.4, 0.5) is 13.2 Å². The second kappa shape index (κ2) is 11.0. The third-order valence-electron chi connectivity index (χ3n) is 1.22. The van der Waals surface area contributed by atoms with Crippen LogP contribution in [0.3, 0.4) is 0 Å². The van der Waals surface area contributed by atoms with E-state index in [0.717, 1.165) is 5.75 Å². The molecule has 0 atom stereocenters. The summed E-state index contributed by atoms with van der Waals surface area (Å²) in [5.74, 6) is -1.85. The molecule has 1 aromatic rings. The van der Waals surface area contributed by atoms with E-state index in [-0.39, 0.29) is 5.34 Å². The van der Waals surface area contributed by atoms with Gasteiger partial charge in [-0.15, -0.1) is 23.2 Å². The summed E-state index contributed by atoms with van der Waals surface area (Å²) < 4.78 is 36.7. The van der Waals surface area contributed by atoms with Gasteiger partial charge in [0, 0.05) is 0 Å². The first kappa shape index (κ1) is 19.2. The molecule has 0 radical (unpaired) electrons. The summed E-state index contributed by atoms with van der Waals surface area (Å²) in [4.78, 5) is 8.90. The number of carboxylic acid groups (broad SMARTS) is 1. The summed E-state index contributed by atoms with van der Waals surface area (Å²) >= 11 is 9.53. The zero-order chi connectivity index (χ0) is 14.6. The highest BCUT2D eigenvalue weighted by Gasteiger charge is 2.38. The number of ether oxygens (including phenoxy) is 1. The third-order valence-corrected chi connectivity index (χ3v) is 1.22. The molecule has 0 aliphatic heterocycles. The number of benzene rings is 1. The van der Waals surface area contributed by atoms with E-state index >= 15 is 0 Å². The number of para-hydroxylation sites is 1. The summed E-state index contributed by atoms with van der Waals surface area (Å²) in [5.41, 5.74) is 0. The fraction of sp³-hybridized carbons (Fsp3) is 0.300. The Labute approximate surface area is 112 Å². The summed E-state index contributed by atoms with van der Waals surface area (Å²) in [6, 6.07) is 9.68. The van der Waals surface area contributed by atoms with Crippen molar-refractivity contribution in [3.05, 3.63) is 30.3 Å². The number of hydrogen-bond donors (Lipinski definition) is 1. The fourth-order valence-corrected chi connectivity index (χ4v) is 0.557. The molecule has 3 nitrogen and oxygen atoms in total. The largest absolute Gasteiger partial charge is 0.497 e. The van der Waals surface area contributed by atoms with Crippen LogP contribution >= 0.6 is 23.2 Å². The van der Waals surface area contributed by atoms with Gasteiger partial charge in [-0.05, 0) is 12.1 Å². The standard InChI is InChI=1S/C7H8O.C2HF3O2.CH2Cl2/c1-8-7-5-3-2-4-6-7;3-2(4,5)1(6)7;2-1-3/h2-6H,1H3;(H,6,7);1H2. The van der Waals surface area contributed by atoms with Gasteiger partial charge in [-0.1, -0.05) is 18.2 Å². The number of methoxy groups -OCH3 is 1. The number of halogens is 5. The molecule has 0 bridgehead atoms. The first-order valence-electron chi connectivity index (χ1n) is 4.30. The predicted molar refractivity (Wildman–Crippen MR) is 63.3 cm³/mol. The Morgan fingerprint density at radius 3 is 1.78 bits per heavy atom. The van der Waals surface area contributed by atoms with Gasteiger partial charge in [0.25, 0.3) is 0 Å². The molecule has 0 heterocycles. The molecule has 1 rings (SSSR count). The highest BCUT2D eigenvalue weighted by molar-refractivity contribution is 6.40. The van der Waals surface area contributed by atoms with Gasteiger partial charge in [0.2, 0.25) is 0 Å². The summed E-state index contributed by atoms with van der Waals surface area (Å²) in [6.45, 7) is 0. The predicted octanol–water partition coefficient (Wildman–Crippen LogP) is 3.75.